The fraction of sp³-hybridized carbons (Fsp3) is 0.933. The predicted octanol–water partition coefficient (Wildman–Crippen LogP) is 1.24. The van der Waals surface area contributed by atoms with Crippen LogP contribution in [0, 0.1) is 0 Å². The number of hydrogen-bond donors (Lipinski definition) is 2. The summed E-state index contributed by atoms with van der Waals surface area (Å²) in [6.45, 7) is 9.42. The number of nitrogens with one attached hydrogen (secondary N) is 1. The van der Waals surface area contributed by atoms with Gasteiger partial charge in [-0.1, -0.05) is 6.92 Å². The van der Waals surface area contributed by atoms with Gasteiger partial charge in [-0.05, 0) is 60.3 Å². The van der Waals surface area contributed by atoms with Crippen LogP contribution in [0.5, 0.6) is 0 Å². The molecular weight excluding hydrogens is 254 g/mol. The molecule has 118 valence electrons. The summed E-state index contributed by atoms with van der Waals surface area (Å²) in [4.78, 5) is 16.2. The molecule has 0 aromatic heterocycles. The number of nitrogens with zero attached hydrogens (tertiary/aromatic N) is 2. The van der Waals surface area contributed by atoms with Gasteiger partial charge in [-0.3, -0.25) is 9.69 Å². The molecule has 0 spiro atoms. The minimum Gasteiger partial charge on any atom is -0.480 e. The van der Waals surface area contributed by atoms with Crippen LogP contribution in [0.25, 0.3) is 0 Å². The number of carbonyl (C=O) groups is 1. The molecule has 1 heterocycles. The number of likely N-dealkylation sites (N-methyl/N-ethyl adjacent to an activating group) is 3. The first-order valence-corrected chi connectivity index (χ1v) is 7.70. The second-order valence-electron chi connectivity index (χ2n) is 6.30. The van der Waals surface area contributed by atoms with Gasteiger partial charge in [-0.25, -0.2) is 0 Å². The number of aliphatic carboxylic acids is 1. The van der Waals surface area contributed by atoms with Crippen LogP contribution in [0.1, 0.15) is 40.0 Å². The van der Waals surface area contributed by atoms with E-state index in [0.29, 0.717) is 12.5 Å². The summed E-state index contributed by atoms with van der Waals surface area (Å²) in [6, 6.07) is 0.862. The maximum Gasteiger partial charge on any atom is 0.323 e. The van der Waals surface area contributed by atoms with E-state index in [1.165, 1.54) is 19.4 Å². The van der Waals surface area contributed by atoms with Gasteiger partial charge in [-0.2, -0.15) is 0 Å². The number of hydrogen-bond acceptors (Lipinski definition) is 4. The first-order chi connectivity index (χ1) is 9.34. The Morgan fingerprint density at radius 2 is 2.25 bits per heavy atom. The molecule has 1 saturated heterocycles. The normalized spacial score (nSPS) is 24.8. The second kappa shape index (κ2) is 7.38. The second-order valence-corrected chi connectivity index (χ2v) is 6.30. The van der Waals surface area contributed by atoms with Crippen molar-refractivity contribution in [2.45, 2.75) is 57.7 Å². The highest BCUT2D eigenvalue weighted by molar-refractivity contribution is 5.78. The SMILES string of the molecule is CCN1CCCC1CN(C)C(C)CC(C)(NC)C(=O)O. The molecule has 0 aromatic rings. The Morgan fingerprint density at radius 3 is 2.75 bits per heavy atom. The van der Waals surface area contributed by atoms with Crippen molar-refractivity contribution in [1.82, 2.24) is 15.1 Å². The van der Waals surface area contributed by atoms with Crippen LogP contribution in [0.4, 0.5) is 0 Å². The van der Waals surface area contributed by atoms with Gasteiger partial charge in [0, 0.05) is 18.6 Å². The highest BCUT2D eigenvalue weighted by Gasteiger charge is 2.34. The summed E-state index contributed by atoms with van der Waals surface area (Å²) in [6.07, 6.45) is 3.14. The molecule has 5 heteroatoms. The van der Waals surface area contributed by atoms with Gasteiger partial charge in [0.25, 0.3) is 0 Å². The number of carboxylic acid groups (broad SMARTS) is 1. The minimum absolute atomic E-state index is 0.239. The summed E-state index contributed by atoms with van der Waals surface area (Å²) in [5.41, 5.74) is -0.853. The fourth-order valence-corrected chi connectivity index (χ4v) is 3.07. The largest absolute Gasteiger partial charge is 0.480 e. The van der Waals surface area contributed by atoms with E-state index < -0.39 is 11.5 Å². The van der Waals surface area contributed by atoms with E-state index in [4.69, 9.17) is 0 Å². The number of carboxylic acids is 1. The third-order valence-electron chi connectivity index (χ3n) is 4.88. The van der Waals surface area contributed by atoms with Crippen molar-refractivity contribution in [3.63, 3.8) is 0 Å². The van der Waals surface area contributed by atoms with E-state index in [2.05, 4.69) is 36.0 Å². The predicted molar refractivity (Wildman–Crippen MR) is 82.1 cm³/mol. The van der Waals surface area contributed by atoms with E-state index in [1.54, 1.807) is 14.0 Å². The number of rotatable bonds is 8. The van der Waals surface area contributed by atoms with E-state index in [9.17, 15) is 9.90 Å². The molecule has 0 bridgehead atoms. The molecule has 5 nitrogen and oxygen atoms in total. The lowest BCUT2D eigenvalue weighted by Crippen LogP contribution is -2.52. The van der Waals surface area contributed by atoms with Gasteiger partial charge in [0.05, 0.1) is 0 Å². The molecule has 1 aliphatic rings. The molecule has 1 aliphatic heterocycles. The van der Waals surface area contributed by atoms with Gasteiger partial charge >= 0.3 is 5.97 Å². The van der Waals surface area contributed by atoms with Gasteiger partial charge < -0.3 is 15.3 Å². The Kier molecular flexibility index (Phi) is 6.43. The maximum atomic E-state index is 11.4. The van der Waals surface area contributed by atoms with Crippen LogP contribution >= 0.6 is 0 Å². The Labute approximate surface area is 123 Å². The van der Waals surface area contributed by atoms with Gasteiger partial charge in [-0.15, -0.1) is 0 Å². The molecule has 3 atom stereocenters. The lowest BCUT2D eigenvalue weighted by atomic mass is 9.93. The van der Waals surface area contributed by atoms with Crippen LogP contribution in [-0.2, 0) is 4.79 Å². The average molecular weight is 285 g/mol. The monoisotopic (exact) mass is 285 g/mol. The Morgan fingerprint density at radius 1 is 1.60 bits per heavy atom. The zero-order valence-corrected chi connectivity index (χ0v) is 13.6. The van der Waals surface area contributed by atoms with E-state index >= 15 is 0 Å². The molecule has 0 aromatic carbocycles. The molecular formula is C15H31N3O2. The van der Waals surface area contributed by atoms with E-state index in [1.807, 2.05) is 0 Å². The van der Waals surface area contributed by atoms with Crippen molar-refractivity contribution < 1.29 is 9.90 Å². The first kappa shape index (κ1) is 17.4. The van der Waals surface area contributed by atoms with Crippen LogP contribution in [0.3, 0.4) is 0 Å². The zero-order valence-electron chi connectivity index (χ0n) is 13.6. The average Bonchev–Trinajstić information content (AvgIpc) is 2.85. The van der Waals surface area contributed by atoms with Crippen molar-refractivity contribution in [2.75, 3.05) is 33.7 Å². The van der Waals surface area contributed by atoms with Crippen LogP contribution in [0.2, 0.25) is 0 Å². The van der Waals surface area contributed by atoms with E-state index in [-0.39, 0.29) is 6.04 Å². The Balaban J connectivity index is 2.54. The molecule has 20 heavy (non-hydrogen) atoms. The van der Waals surface area contributed by atoms with Crippen molar-refractivity contribution in [3.8, 4) is 0 Å². The molecule has 0 aliphatic carbocycles. The van der Waals surface area contributed by atoms with Crippen molar-refractivity contribution in [3.05, 3.63) is 0 Å². The van der Waals surface area contributed by atoms with E-state index in [0.717, 1.165) is 13.1 Å². The smallest absolute Gasteiger partial charge is 0.323 e. The lowest BCUT2D eigenvalue weighted by molar-refractivity contribution is -0.144. The van der Waals surface area contributed by atoms with Crippen LogP contribution in [0.15, 0.2) is 0 Å². The molecule has 1 rings (SSSR count). The topological polar surface area (TPSA) is 55.8 Å². The molecule has 2 N–H and O–H groups in total. The molecule has 0 amide bonds. The molecule has 3 unspecified atom stereocenters. The highest BCUT2D eigenvalue weighted by Crippen LogP contribution is 2.20. The fourth-order valence-electron chi connectivity index (χ4n) is 3.07. The van der Waals surface area contributed by atoms with Crippen molar-refractivity contribution >= 4 is 5.97 Å². The standard InChI is InChI=1S/C15H31N3O2/c1-6-18-9-7-8-13(18)11-17(5)12(2)10-15(3,16-4)14(19)20/h12-13,16H,6-11H2,1-5H3,(H,19,20). The van der Waals surface area contributed by atoms with Gasteiger partial charge in [0.2, 0.25) is 0 Å². The quantitative estimate of drug-likeness (QED) is 0.703. The summed E-state index contributed by atoms with van der Waals surface area (Å²) in [7, 11) is 3.82. The highest BCUT2D eigenvalue weighted by atomic mass is 16.4. The minimum atomic E-state index is -0.853. The first-order valence-electron chi connectivity index (χ1n) is 7.70. The van der Waals surface area contributed by atoms with Crippen molar-refractivity contribution in [1.29, 1.82) is 0 Å². The molecule has 1 fully saturated rings. The zero-order chi connectivity index (χ0) is 15.3. The third-order valence-corrected chi connectivity index (χ3v) is 4.88. The summed E-state index contributed by atoms with van der Waals surface area (Å²) < 4.78 is 0. The van der Waals surface area contributed by atoms with Crippen molar-refractivity contribution in [2.24, 2.45) is 0 Å². The third kappa shape index (κ3) is 4.17. The Bertz CT molecular complexity index is 324. The van der Waals surface area contributed by atoms with Crippen LogP contribution < -0.4 is 5.32 Å². The van der Waals surface area contributed by atoms with Gasteiger partial charge in [0.1, 0.15) is 5.54 Å². The number of likely N-dealkylation sites (tertiary alicyclic amines) is 1. The van der Waals surface area contributed by atoms with Gasteiger partial charge in [0.15, 0.2) is 0 Å². The Hall–Kier alpha value is -0.650. The maximum absolute atomic E-state index is 11.4. The molecule has 0 saturated carbocycles. The summed E-state index contributed by atoms with van der Waals surface area (Å²) >= 11 is 0. The summed E-state index contributed by atoms with van der Waals surface area (Å²) in [5.74, 6) is -0.781. The summed E-state index contributed by atoms with van der Waals surface area (Å²) in [5, 5.41) is 12.3. The van der Waals surface area contributed by atoms with Crippen LogP contribution in [-0.4, -0.2) is 72.2 Å². The molecule has 0 radical (unpaired) electrons. The lowest BCUT2D eigenvalue weighted by Gasteiger charge is -2.35.